The van der Waals surface area contributed by atoms with E-state index in [0.717, 1.165) is 9.54 Å². The molecule has 0 aliphatic heterocycles. The van der Waals surface area contributed by atoms with Crippen LogP contribution in [0.3, 0.4) is 0 Å². The van der Waals surface area contributed by atoms with Gasteiger partial charge < -0.3 is 8.85 Å². The lowest BCUT2D eigenvalue weighted by Gasteiger charge is -2.40. The Morgan fingerprint density at radius 1 is 1.11 bits per heavy atom. The number of carbonyl (C=O) groups excluding carboxylic acids is 1. The minimum absolute atomic E-state index is 0.0814. The third kappa shape index (κ3) is 5.78. The number of aromatic nitrogens is 2. The molecule has 0 saturated carbocycles. The Bertz CT molecular complexity index is 1280. The van der Waals surface area contributed by atoms with Gasteiger partial charge in [-0.1, -0.05) is 51.1 Å². The van der Waals surface area contributed by atoms with Crippen molar-refractivity contribution in [2.75, 3.05) is 5.75 Å². The molecule has 0 aliphatic rings. The molecule has 1 heterocycles. The molecular weight excluding hydrogens is 520 g/mol. The van der Waals surface area contributed by atoms with Gasteiger partial charge in [-0.15, -0.1) is 0 Å². The minimum atomic E-state index is -3.72. The first-order valence-corrected chi connectivity index (χ1v) is 16.0. The molecule has 2 aromatic carbocycles. The summed E-state index contributed by atoms with van der Waals surface area (Å²) >= 11 is 6.22. The van der Waals surface area contributed by atoms with Gasteiger partial charge in [0, 0.05) is 11.0 Å². The van der Waals surface area contributed by atoms with Crippen LogP contribution in [-0.4, -0.2) is 54.7 Å². The van der Waals surface area contributed by atoms with Gasteiger partial charge in [0.15, 0.2) is 5.78 Å². The second kappa shape index (κ2) is 11.5. The highest BCUT2D eigenvalue weighted by Gasteiger charge is 2.43. The normalized spacial score (nSPS) is 13.5. The van der Waals surface area contributed by atoms with Crippen LogP contribution in [0.2, 0.25) is 18.4 Å². The zero-order valence-corrected chi connectivity index (χ0v) is 24.0. The van der Waals surface area contributed by atoms with Crippen LogP contribution >= 0.6 is 11.6 Å². The maximum atomic E-state index is 14.1. The predicted molar refractivity (Wildman–Crippen MR) is 141 cm³/mol. The number of carbonyl (C=O) groups is 1. The lowest BCUT2D eigenvalue weighted by atomic mass is 9.70. The molecule has 0 saturated heterocycles. The Morgan fingerprint density at radius 3 is 2.31 bits per heavy atom. The molecule has 3 rings (SSSR count). The summed E-state index contributed by atoms with van der Waals surface area (Å²) < 4.78 is 38.7. The molecule has 4 radical (unpaired) electrons. The lowest BCUT2D eigenvalue weighted by Crippen LogP contribution is -2.43. The summed E-state index contributed by atoms with van der Waals surface area (Å²) in [6.07, 6.45) is -0.171. The van der Waals surface area contributed by atoms with E-state index in [1.54, 1.807) is 25.1 Å². The zero-order chi connectivity index (χ0) is 25.8. The zero-order valence-electron chi connectivity index (χ0n) is 20.4. The van der Waals surface area contributed by atoms with Gasteiger partial charge in [0.05, 0.1) is 22.7 Å². The Hall–Kier alpha value is -1.83. The molecule has 3 aromatic rings. The number of halogens is 1. The van der Waals surface area contributed by atoms with E-state index in [4.69, 9.17) is 20.5 Å². The molecule has 11 heteroatoms. The van der Waals surface area contributed by atoms with E-state index in [2.05, 4.69) is 4.98 Å². The largest absolute Gasteiger partial charge is 0.394 e. The van der Waals surface area contributed by atoms with Crippen LogP contribution < -0.4 is 0 Å². The molecule has 186 valence electrons. The molecule has 0 fully saturated rings. The summed E-state index contributed by atoms with van der Waals surface area (Å²) in [4.78, 5) is 18.3. The highest BCUT2D eigenvalue weighted by molar-refractivity contribution is 7.90. The maximum Gasteiger partial charge on any atom is 0.241 e. The van der Waals surface area contributed by atoms with E-state index >= 15 is 0 Å². The number of Topliss-reactive ketones (excluding diaryl/α,β-unsaturated/α-hetero) is 1. The van der Waals surface area contributed by atoms with E-state index in [-0.39, 0.29) is 41.9 Å². The minimum Gasteiger partial charge on any atom is -0.394 e. The van der Waals surface area contributed by atoms with Gasteiger partial charge in [-0.05, 0) is 54.9 Å². The molecule has 7 nitrogen and oxygen atoms in total. The molecule has 1 atom stereocenters. The van der Waals surface area contributed by atoms with Gasteiger partial charge in [0.2, 0.25) is 34.8 Å². The average molecular weight is 549 g/mol. The van der Waals surface area contributed by atoms with Crippen LogP contribution in [0.25, 0.3) is 11.0 Å². The molecule has 1 aromatic heterocycles. The highest BCUT2D eigenvalue weighted by atomic mass is 35.5. The first-order valence-electron chi connectivity index (χ1n) is 11.2. The van der Waals surface area contributed by atoms with Crippen molar-refractivity contribution in [1.82, 2.24) is 8.96 Å². The number of fused-ring (bicyclic) bond motifs is 1. The molecule has 0 amide bonds. The van der Waals surface area contributed by atoms with E-state index in [0.29, 0.717) is 17.5 Å². The van der Waals surface area contributed by atoms with Gasteiger partial charge in [-0.25, -0.2) is 17.4 Å². The van der Waals surface area contributed by atoms with Gasteiger partial charge >= 0.3 is 0 Å². The van der Waals surface area contributed by atoms with E-state index < -0.39 is 27.6 Å². The summed E-state index contributed by atoms with van der Waals surface area (Å²) in [6.45, 7) is 9.53. The fraction of sp³-hybridized carbons (Fsp3) is 0.417. The third-order valence-electron chi connectivity index (χ3n) is 5.80. The van der Waals surface area contributed by atoms with Crippen molar-refractivity contribution in [1.29, 1.82) is 0 Å². The van der Waals surface area contributed by atoms with Crippen LogP contribution in [0.5, 0.6) is 0 Å². The van der Waals surface area contributed by atoms with Crippen molar-refractivity contribution in [2.24, 2.45) is 5.41 Å². The van der Waals surface area contributed by atoms with Gasteiger partial charge in [-0.2, -0.15) is 0 Å². The molecular formula is C24H29ClN2O5SSi2. The third-order valence-corrected chi connectivity index (χ3v) is 8.90. The van der Waals surface area contributed by atoms with Crippen molar-refractivity contribution in [3.63, 3.8) is 0 Å². The fourth-order valence-corrected chi connectivity index (χ4v) is 7.34. The number of rotatable bonds is 12. The fourth-order valence-electron chi connectivity index (χ4n) is 4.20. The first kappa shape index (κ1) is 27.8. The molecule has 1 unspecified atom stereocenters. The van der Waals surface area contributed by atoms with Crippen LogP contribution in [0, 0.1) is 5.41 Å². The quantitative estimate of drug-likeness (QED) is 0.180. The second-order valence-corrected chi connectivity index (χ2v) is 12.2. The van der Waals surface area contributed by atoms with Crippen molar-refractivity contribution >= 4 is 58.0 Å². The number of hydrogen-bond donors (Lipinski definition) is 0. The van der Waals surface area contributed by atoms with Crippen molar-refractivity contribution in [3.8, 4) is 0 Å². The monoisotopic (exact) mass is 548 g/mol. The van der Waals surface area contributed by atoms with Gasteiger partial charge in [0.25, 0.3) is 0 Å². The average Bonchev–Trinajstić information content (AvgIpc) is 3.15. The lowest BCUT2D eigenvalue weighted by molar-refractivity contribution is -0.0856. The summed E-state index contributed by atoms with van der Waals surface area (Å²) in [5.74, 6) is -0.865. The first-order chi connectivity index (χ1) is 16.6. The highest BCUT2D eigenvalue weighted by Crippen LogP contribution is 2.42. The van der Waals surface area contributed by atoms with Crippen LogP contribution in [0.4, 0.5) is 0 Å². The predicted octanol–water partition coefficient (Wildman–Crippen LogP) is 4.96. The Balaban J connectivity index is 2.17. The SMILES string of the molecule is CCCS(=O)(=O)n1c(Cl)nc2ccc(C(=O)C(c3ccccc3)C(C)(C)C(O[Si]C)O[Si]C)cc21. The Kier molecular flexibility index (Phi) is 9.11. The van der Waals surface area contributed by atoms with Crippen LogP contribution in [0.1, 0.15) is 49.0 Å². The summed E-state index contributed by atoms with van der Waals surface area (Å²) in [5, 5.41) is -0.146. The standard InChI is InChI=1S/C24H29ClN2O5SSi2/c1-6-14-33(29,30)27-19-15-17(12-13-18(19)26-23(27)25)21(28)20(16-10-8-7-9-11-16)24(2,3)22(31-34-4)32-35-5/h7-13,15,20,22H,6,14H2,1-5H3. The molecule has 0 aliphatic carbocycles. The summed E-state index contributed by atoms with van der Waals surface area (Å²) in [7, 11) is -3.35. The van der Waals surface area contributed by atoms with Crippen LogP contribution in [0.15, 0.2) is 48.5 Å². The number of hydrogen-bond acceptors (Lipinski definition) is 6. The molecule has 0 bridgehead atoms. The molecule has 0 spiro atoms. The van der Waals surface area contributed by atoms with Crippen molar-refractivity contribution < 1.29 is 22.1 Å². The maximum absolute atomic E-state index is 14.1. The van der Waals surface area contributed by atoms with Crippen molar-refractivity contribution in [3.05, 3.63) is 64.9 Å². The van der Waals surface area contributed by atoms with Gasteiger partial charge in [0.1, 0.15) is 6.29 Å². The van der Waals surface area contributed by atoms with Gasteiger partial charge in [-0.3, -0.25) is 4.79 Å². The summed E-state index contributed by atoms with van der Waals surface area (Å²) in [5.41, 5.74) is 1.15. The van der Waals surface area contributed by atoms with E-state index in [1.165, 1.54) is 0 Å². The number of nitrogens with zero attached hydrogens (tertiary/aromatic N) is 2. The Morgan fingerprint density at radius 2 is 1.74 bits per heavy atom. The number of ketones is 1. The molecule has 35 heavy (non-hydrogen) atoms. The number of benzene rings is 2. The van der Waals surface area contributed by atoms with Crippen LogP contribution in [-0.2, 0) is 18.9 Å². The molecule has 0 N–H and O–H groups in total. The van der Waals surface area contributed by atoms with E-state index in [1.807, 2.05) is 57.3 Å². The topological polar surface area (TPSA) is 87.5 Å². The number of imidazole rings is 1. The second-order valence-electron chi connectivity index (χ2n) is 8.67. The smallest absolute Gasteiger partial charge is 0.241 e. The van der Waals surface area contributed by atoms with Crippen molar-refractivity contribution in [2.45, 2.75) is 52.5 Å². The Labute approximate surface area is 217 Å². The summed E-state index contributed by atoms with van der Waals surface area (Å²) in [6, 6.07) is 14.4. The van der Waals surface area contributed by atoms with E-state index in [9.17, 15) is 13.2 Å².